The zero-order chi connectivity index (χ0) is 15.9. The summed E-state index contributed by atoms with van der Waals surface area (Å²) >= 11 is 0. The van der Waals surface area contributed by atoms with Crippen LogP contribution in [0.5, 0.6) is 0 Å². The molecule has 0 saturated carbocycles. The molecule has 22 heavy (non-hydrogen) atoms. The molecule has 3 heteroatoms. The molecule has 0 aliphatic carbocycles. The molecule has 1 aromatic carbocycles. The van der Waals surface area contributed by atoms with Crippen LogP contribution < -0.4 is 0 Å². The van der Waals surface area contributed by atoms with Crippen molar-refractivity contribution in [3.8, 4) is 0 Å². The van der Waals surface area contributed by atoms with Crippen molar-refractivity contribution in [1.29, 1.82) is 0 Å². The highest BCUT2D eigenvalue weighted by Gasteiger charge is 2.41. The summed E-state index contributed by atoms with van der Waals surface area (Å²) in [6.07, 6.45) is 5.13. The Morgan fingerprint density at radius 1 is 1.18 bits per heavy atom. The number of hydrogen-bond acceptors (Lipinski definition) is 2. The number of ether oxygens (including phenoxy) is 1. The molecule has 2 heterocycles. The molecule has 0 radical (unpaired) electrons. The topological polar surface area (TPSA) is 29.5 Å². The first-order valence-electron chi connectivity index (χ1n) is 8.12. The van der Waals surface area contributed by atoms with Crippen molar-refractivity contribution in [3.05, 3.63) is 41.5 Å². The fourth-order valence-electron chi connectivity index (χ4n) is 3.41. The Bertz CT molecular complexity index is 595. The lowest BCUT2D eigenvalue weighted by Crippen LogP contribution is -2.45. The Kier molecular flexibility index (Phi) is 3.75. The van der Waals surface area contributed by atoms with E-state index in [1.54, 1.807) is 0 Å². The summed E-state index contributed by atoms with van der Waals surface area (Å²) < 4.78 is 5.57. The predicted molar refractivity (Wildman–Crippen MR) is 88.7 cm³/mol. The Morgan fingerprint density at radius 2 is 1.86 bits per heavy atom. The summed E-state index contributed by atoms with van der Waals surface area (Å²) in [6.45, 7) is 7.87. The highest BCUT2D eigenvalue weighted by Crippen LogP contribution is 2.39. The Balaban J connectivity index is 1.80. The highest BCUT2D eigenvalue weighted by molar-refractivity contribution is 5.75. The number of rotatable bonds is 1. The highest BCUT2D eigenvalue weighted by atomic mass is 16.6. The van der Waals surface area contributed by atoms with E-state index in [1.165, 1.54) is 16.7 Å². The van der Waals surface area contributed by atoms with Crippen LogP contribution in [-0.4, -0.2) is 28.7 Å². The maximum Gasteiger partial charge on any atom is 0.411 e. The lowest BCUT2D eigenvalue weighted by Gasteiger charge is -2.35. The van der Waals surface area contributed by atoms with E-state index in [1.807, 2.05) is 25.7 Å². The number of hydrogen-bond donors (Lipinski definition) is 0. The van der Waals surface area contributed by atoms with Crippen LogP contribution in [0.4, 0.5) is 4.79 Å². The Morgan fingerprint density at radius 3 is 2.45 bits per heavy atom. The van der Waals surface area contributed by atoms with Gasteiger partial charge in [-0.05, 0) is 58.1 Å². The van der Waals surface area contributed by atoms with Gasteiger partial charge in [0.1, 0.15) is 5.60 Å². The third kappa shape index (κ3) is 3.03. The molecule has 3 rings (SSSR count). The maximum atomic E-state index is 12.4. The van der Waals surface area contributed by atoms with Crippen molar-refractivity contribution in [2.45, 2.75) is 64.6 Å². The molecule has 1 amide bonds. The van der Waals surface area contributed by atoms with Gasteiger partial charge in [0.05, 0.1) is 6.04 Å². The fraction of sp³-hybridized carbons (Fsp3) is 0.526. The molecule has 2 bridgehead atoms. The number of amides is 1. The van der Waals surface area contributed by atoms with Gasteiger partial charge in [-0.1, -0.05) is 35.9 Å². The van der Waals surface area contributed by atoms with E-state index in [9.17, 15) is 4.79 Å². The maximum absolute atomic E-state index is 12.4. The second-order valence-electron chi connectivity index (χ2n) is 7.45. The van der Waals surface area contributed by atoms with E-state index in [2.05, 4.69) is 37.3 Å². The van der Waals surface area contributed by atoms with Gasteiger partial charge in [-0.15, -0.1) is 0 Å². The van der Waals surface area contributed by atoms with Gasteiger partial charge in [0.25, 0.3) is 0 Å². The summed E-state index contributed by atoms with van der Waals surface area (Å²) in [5, 5.41) is 0. The average Bonchev–Trinajstić information content (AvgIpc) is 2.69. The lowest BCUT2D eigenvalue weighted by atomic mass is 9.94. The lowest BCUT2D eigenvalue weighted by molar-refractivity contribution is 0.0175. The van der Waals surface area contributed by atoms with Crippen molar-refractivity contribution in [2.24, 2.45) is 0 Å². The van der Waals surface area contributed by atoms with Gasteiger partial charge < -0.3 is 4.74 Å². The number of aryl methyl sites for hydroxylation is 1. The molecule has 0 spiro atoms. The van der Waals surface area contributed by atoms with Crippen LogP contribution in [0, 0.1) is 6.92 Å². The minimum Gasteiger partial charge on any atom is -0.444 e. The number of fused-ring (bicyclic) bond motifs is 2. The number of carbonyl (C=O) groups is 1. The van der Waals surface area contributed by atoms with Gasteiger partial charge in [-0.25, -0.2) is 4.79 Å². The van der Waals surface area contributed by atoms with Gasteiger partial charge in [0.15, 0.2) is 0 Å². The van der Waals surface area contributed by atoms with Crippen LogP contribution in [0.25, 0.3) is 5.57 Å². The fourth-order valence-corrected chi connectivity index (χ4v) is 3.41. The standard InChI is InChI=1S/C19H25NO2/c1-13-5-7-14(8-6-13)15-11-16-9-10-17(12-15)20(16)18(21)22-19(2,3)4/h5-8,11,16-17H,9-10,12H2,1-4H3/t16-,17+/m1/s1. The first kappa shape index (κ1) is 15.1. The van der Waals surface area contributed by atoms with Crippen molar-refractivity contribution in [3.63, 3.8) is 0 Å². The quantitative estimate of drug-likeness (QED) is 0.761. The third-order valence-corrected chi connectivity index (χ3v) is 4.42. The number of benzene rings is 1. The summed E-state index contributed by atoms with van der Waals surface area (Å²) in [5.74, 6) is 0. The minimum atomic E-state index is -0.433. The molecule has 1 aromatic rings. The van der Waals surface area contributed by atoms with Crippen molar-refractivity contribution < 1.29 is 9.53 Å². The van der Waals surface area contributed by atoms with Crippen LogP contribution in [0.3, 0.4) is 0 Å². The largest absolute Gasteiger partial charge is 0.444 e. The molecule has 0 N–H and O–H groups in total. The number of carbonyl (C=O) groups excluding carboxylic acids is 1. The zero-order valence-electron chi connectivity index (χ0n) is 13.9. The van der Waals surface area contributed by atoms with Crippen LogP contribution in [-0.2, 0) is 4.74 Å². The second kappa shape index (κ2) is 5.45. The predicted octanol–water partition coefficient (Wildman–Crippen LogP) is 4.55. The van der Waals surface area contributed by atoms with E-state index in [-0.39, 0.29) is 18.2 Å². The molecular formula is C19H25NO2. The molecule has 0 unspecified atom stereocenters. The van der Waals surface area contributed by atoms with E-state index < -0.39 is 5.60 Å². The van der Waals surface area contributed by atoms with Crippen LogP contribution in [0.15, 0.2) is 30.3 Å². The average molecular weight is 299 g/mol. The molecule has 118 valence electrons. The van der Waals surface area contributed by atoms with Crippen molar-refractivity contribution in [2.75, 3.05) is 0 Å². The van der Waals surface area contributed by atoms with E-state index >= 15 is 0 Å². The first-order valence-corrected chi connectivity index (χ1v) is 8.12. The minimum absolute atomic E-state index is 0.167. The van der Waals surface area contributed by atoms with Gasteiger partial charge in [-0.2, -0.15) is 0 Å². The van der Waals surface area contributed by atoms with Gasteiger partial charge in [0, 0.05) is 6.04 Å². The molecule has 2 atom stereocenters. The normalized spacial score (nSPS) is 24.2. The van der Waals surface area contributed by atoms with Gasteiger partial charge in [0.2, 0.25) is 0 Å². The summed E-state index contributed by atoms with van der Waals surface area (Å²) in [7, 11) is 0. The molecular weight excluding hydrogens is 274 g/mol. The Hall–Kier alpha value is -1.77. The molecule has 1 fully saturated rings. The van der Waals surface area contributed by atoms with Gasteiger partial charge >= 0.3 is 6.09 Å². The van der Waals surface area contributed by atoms with E-state index in [0.717, 1.165) is 19.3 Å². The first-order chi connectivity index (χ1) is 10.3. The number of nitrogens with zero attached hydrogens (tertiary/aromatic N) is 1. The molecule has 2 aliphatic rings. The summed E-state index contributed by atoms with van der Waals surface area (Å²) in [6, 6.07) is 9.13. The SMILES string of the molecule is Cc1ccc(C2=C[C@H]3CC[C@@H](C2)N3C(=O)OC(C)(C)C)cc1. The van der Waals surface area contributed by atoms with Crippen LogP contribution in [0.1, 0.15) is 51.2 Å². The monoisotopic (exact) mass is 299 g/mol. The molecule has 3 nitrogen and oxygen atoms in total. The van der Waals surface area contributed by atoms with Crippen LogP contribution >= 0.6 is 0 Å². The molecule has 1 saturated heterocycles. The van der Waals surface area contributed by atoms with Crippen molar-refractivity contribution in [1.82, 2.24) is 4.90 Å². The summed E-state index contributed by atoms with van der Waals surface area (Å²) in [4.78, 5) is 14.4. The molecule has 2 aliphatic heterocycles. The van der Waals surface area contributed by atoms with E-state index in [0.29, 0.717) is 0 Å². The Labute approximate surface area is 133 Å². The zero-order valence-corrected chi connectivity index (χ0v) is 13.9. The van der Waals surface area contributed by atoms with Gasteiger partial charge in [-0.3, -0.25) is 4.90 Å². The molecule has 0 aromatic heterocycles. The summed E-state index contributed by atoms with van der Waals surface area (Å²) in [5.41, 5.74) is 3.49. The second-order valence-corrected chi connectivity index (χ2v) is 7.45. The third-order valence-electron chi connectivity index (χ3n) is 4.42. The van der Waals surface area contributed by atoms with Crippen LogP contribution in [0.2, 0.25) is 0 Å². The van der Waals surface area contributed by atoms with E-state index in [4.69, 9.17) is 4.74 Å². The van der Waals surface area contributed by atoms with Crippen molar-refractivity contribution >= 4 is 11.7 Å². The smallest absolute Gasteiger partial charge is 0.411 e.